The minimum atomic E-state index is -4.64. The molecule has 0 aromatic heterocycles. The van der Waals surface area contributed by atoms with E-state index in [4.69, 9.17) is 22.1 Å². The Morgan fingerprint density at radius 2 is 1.83 bits per heavy atom. The number of hydrogen-bond acceptors (Lipinski definition) is 4. The second-order valence-corrected chi connectivity index (χ2v) is 8.77. The molecule has 3 atom stereocenters. The summed E-state index contributed by atoms with van der Waals surface area (Å²) in [5.41, 5.74) is 5.49. The van der Waals surface area contributed by atoms with Crippen molar-refractivity contribution in [2.45, 2.75) is 58.4 Å². The van der Waals surface area contributed by atoms with Crippen molar-refractivity contribution < 1.29 is 27.9 Å². The fraction of sp³-hybridized carbons (Fsp3) is 0.619. The minimum Gasteiger partial charge on any atom is -0.384 e. The highest BCUT2D eigenvalue weighted by molar-refractivity contribution is 6.30. The molecule has 1 aliphatic rings. The van der Waals surface area contributed by atoms with E-state index in [0.717, 1.165) is 12.0 Å². The standard InChI is InChI=1S/C19H29ClN2O2.C2HF3O/c1-5-13(2)16(21)17(23)22-11-10-19(24,18(3,4)12-22)14-6-8-15(20)9-7-14;3-2(4,5)1-6/h6-9,13,16,24H,5,10-12,21H2,1-4H3;1H/t13-,16+,19-;/m0./s1. The number of halogens is 4. The zero-order valence-corrected chi connectivity index (χ0v) is 18.4. The largest absolute Gasteiger partial charge is 0.446 e. The predicted molar refractivity (Wildman–Crippen MR) is 110 cm³/mol. The summed E-state index contributed by atoms with van der Waals surface area (Å²) >= 11 is 5.96. The van der Waals surface area contributed by atoms with Crippen LogP contribution in [0.15, 0.2) is 24.3 Å². The molecular formula is C21H30ClF3N2O3. The Labute approximate surface area is 180 Å². The third kappa shape index (κ3) is 6.43. The van der Waals surface area contributed by atoms with Crippen LogP contribution >= 0.6 is 11.6 Å². The van der Waals surface area contributed by atoms with Crippen molar-refractivity contribution in [3.05, 3.63) is 34.9 Å². The molecule has 2 rings (SSSR count). The third-order valence-corrected chi connectivity index (χ3v) is 6.01. The number of hydrogen-bond donors (Lipinski definition) is 2. The molecule has 30 heavy (non-hydrogen) atoms. The maximum absolute atomic E-state index is 12.7. The summed E-state index contributed by atoms with van der Waals surface area (Å²) in [5, 5.41) is 12.0. The second-order valence-electron chi connectivity index (χ2n) is 8.33. The minimum absolute atomic E-state index is 0.0180. The number of piperidine rings is 1. The van der Waals surface area contributed by atoms with Crippen LogP contribution in [0.1, 0.15) is 46.1 Å². The number of alkyl halides is 3. The van der Waals surface area contributed by atoms with Gasteiger partial charge in [0, 0.05) is 23.5 Å². The first kappa shape index (κ1) is 26.4. The lowest BCUT2D eigenvalue weighted by Gasteiger charge is -2.51. The molecule has 0 unspecified atom stereocenters. The van der Waals surface area contributed by atoms with Crippen molar-refractivity contribution in [2.75, 3.05) is 13.1 Å². The molecule has 0 radical (unpaired) electrons. The number of amides is 1. The summed E-state index contributed by atoms with van der Waals surface area (Å²) in [7, 11) is 0. The molecule has 3 N–H and O–H groups in total. The van der Waals surface area contributed by atoms with E-state index in [-0.39, 0.29) is 11.8 Å². The number of carbonyl (C=O) groups excluding carboxylic acids is 2. The predicted octanol–water partition coefficient (Wildman–Crippen LogP) is 3.91. The molecule has 1 aromatic carbocycles. The Morgan fingerprint density at radius 3 is 2.23 bits per heavy atom. The topological polar surface area (TPSA) is 83.6 Å². The molecule has 0 spiro atoms. The fourth-order valence-corrected chi connectivity index (χ4v) is 3.61. The van der Waals surface area contributed by atoms with Gasteiger partial charge >= 0.3 is 6.18 Å². The van der Waals surface area contributed by atoms with Gasteiger partial charge < -0.3 is 15.7 Å². The van der Waals surface area contributed by atoms with Crippen molar-refractivity contribution >= 4 is 23.8 Å². The van der Waals surface area contributed by atoms with Crippen molar-refractivity contribution in [1.82, 2.24) is 4.90 Å². The number of nitrogens with two attached hydrogens (primary N) is 1. The molecule has 5 nitrogen and oxygen atoms in total. The molecule has 1 heterocycles. The average Bonchev–Trinajstić information content (AvgIpc) is 2.68. The van der Waals surface area contributed by atoms with Gasteiger partial charge in [0.2, 0.25) is 12.2 Å². The second kappa shape index (κ2) is 10.1. The summed E-state index contributed by atoms with van der Waals surface area (Å²) in [6.07, 6.45) is -4.34. The molecule has 1 aliphatic heterocycles. The number of nitrogens with zero attached hydrogens (tertiary/aromatic N) is 1. The van der Waals surface area contributed by atoms with E-state index in [0.29, 0.717) is 24.5 Å². The quantitative estimate of drug-likeness (QED) is 0.681. The molecule has 1 saturated heterocycles. The lowest BCUT2D eigenvalue weighted by molar-refractivity contribution is -0.156. The van der Waals surface area contributed by atoms with Gasteiger partial charge in [-0.3, -0.25) is 9.59 Å². The van der Waals surface area contributed by atoms with Gasteiger partial charge in [-0.25, -0.2) is 0 Å². The van der Waals surface area contributed by atoms with Crippen LogP contribution in [0.25, 0.3) is 0 Å². The number of likely N-dealkylation sites (tertiary alicyclic amines) is 1. The van der Waals surface area contributed by atoms with E-state index in [1.807, 2.05) is 39.8 Å². The summed E-state index contributed by atoms with van der Waals surface area (Å²) in [5.74, 6) is 0.133. The van der Waals surface area contributed by atoms with Crippen molar-refractivity contribution in [3.8, 4) is 0 Å². The first-order valence-electron chi connectivity index (χ1n) is 9.74. The Hall–Kier alpha value is -1.64. The maximum Gasteiger partial charge on any atom is 0.446 e. The molecule has 0 bridgehead atoms. The van der Waals surface area contributed by atoms with E-state index in [1.165, 1.54) is 0 Å². The van der Waals surface area contributed by atoms with Gasteiger partial charge in [0.15, 0.2) is 0 Å². The van der Waals surface area contributed by atoms with Crippen LogP contribution in [0.5, 0.6) is 0 Å². The number of aliphatic hydroxyl groups is 1. The summed E-state index contributed by atoms with van der Waals surface area (Å²) in [4.78, 5) is 23.2. The van der Waals surface area contributed by atoms with Crippen LogP contribution in [0.3, 0.4) is 0 Å². The van der Waals surface area contributed by atoms with Gasteiger partial charge in [-0.1, -0.05) is 57.8 Å². The van der Waals surface area contributed by atoms with Gasteiger partial charge in [0.25, 0.3) is 0 Å². The van der Waals surface area contributed by atoms with Crippen LogP contribution in [0, 0.1) is 11.3 Å². The first-order chi connectivity index (χ1) is 13.7. The van der Waals surface area contributed by atoms with Crippen molar-refractivity contribution in [2.24, 2.45) is 17.1 Å². The van der Waals surface area contributed by atoms with Crippen LogP contribution in [0.2, 0.25) is 5.02 Å². The van der Waals surface area contributed by atoms with Gasteiger partial charge in [0.05, 0.1) is 11.6 Å². The molecule has 0 saturated carbocycles. The van der Waals surface area contributed by atoms with E-state index >= 15 is 0 Å². The molecular weight excluding hydrogens is 421 g/mol. The normalized spacial score (nSPS) is 23.1. The zero-order valence-electron chi connectivity index (χ0n) is 17.7. The Kier molecular flexibility index (Phi) is 8.90. The zero-order chi connectivity index (χ0) is 23.3. The molecule has 1 fully saturated rings. The maximum atomic E-state index is 12.7. The lowest BCUT2D eigenvalue weighted by atomic mass is 9.66. The molecule has 9 heteroatoms. The molecule has 0 aliphatic carbocycles. The highest BCUT2D eigenvalue weighted by Gasteiger charge is 2.50. The summed E-state index contributed by atoms with van der Waals surface area (Å²) < 4.78 is 31.2. The number of carbonyl (C=O) groups is 2. The number of benzene rings is 1. The Bertz CT molecular complexity index is 725. The molecule has 170 valence electrons. The van der Waals surface area contributed by atoms with Gasteiger partial charge in [-0.2, -0.15) is 13.2 Å². The van der Waals surface area contributed by atoms with E-state index in [9.17, 15) is 23.1 Å². The monoisotopic (exact) mass is 450 g/mol. The van der Waals surface area contributed by atoms with Crippen LogP contribution in [0.4, 0.5) is 13.2 Å². The summed E-state index contributed by atoms with van der Waals surface area (Å²) in [6.45, 7) is 9.02. The van der Waals surface area contributed by atoms with Crippen LogP contribution in [-0.4, -0.2) is 47.5 Å². The fourth-order valence-electron chi connectivity index (χ4n) is 3.48. The van der Waals surface area contributed by atoms with E-state index in [1.54, 1.807) is 17.0 Å². The SMILES string of the molecule is CC[C@H](C)[C@@H](N)C(=O)N1CC[C@](O)(c2ccc(Cl)cc2)C(C)(C)C1.O=CC(F)(F)F. The van der Waals surface area contributed by atoms with Crippen LogP contribution in [-0.2, 0) is 15.2 Å². The van der Waals surface area contributed by atoms with E-state index < -0.39 is 29.5 Å². The lowest BCUT2D eigenvalue weighted by Crippen LogP contribution is -2.59. The smallest absolute Gasteiger partial charge is 0.384 e. The van der Waals surface area contributed by atoms with Gasteiger partial charge in [0.1, 0.15) is 0 Å². The Morgan fingerprint density at radius 1 is 1.33 bits per heavy atom. The van der Waals surface area contributed by atoms with E-state index in [2.05, 4.69) is 0 Å². The van der Waals surface area contributed by atoms with Gasteiger partial charge in [-0.05, 0) is 30.0 Å². The van der Waals surface area contributed by atoms with Crippen molar-refractivity contribution in [1.29, 1.82) is 0 Å². The number of rotatable bonds is 4. The van der Waals surface area contributed by atoms with Crippen LogP contribution < -0.4 is 5.73 Å². The third-order valence-electron chi connectivity index (χ3n) is 5.76. The highest BCUT2D eigenvalue weighted by Crippen LogP contribution is 2.46. The first-order valence-corrected chi connectivity index (χ1v) is 10.1. The summed E-state index contributed by atoms with van der Waals surface area (Å²) in [6, 6.07) is 6.84. The molecule has 1 amide bonds. The average molecular weight is 451 g/mol. The highest BCUT2D eigenvalue weighted by atomic mass is 35.5. The number of aldehydes is 1. The molecule has 1 aromatic rings. The van der Waals surface area contributed by atoms with Gasteiger partial charge in [-0.15, -0.1) is 0 Å². The van der Waals surface area contributed by atoms with Crippen molar-refractivity contribution in [3.63, 3.8) is 0 Å². The Balaban J connectivity index is 0.000000656.